The summed E-state index contributed by atoms with van der Waals surface area (Å²) in [5.41, 5.74) is 1.31. The van der Waals surface area contributed by atoms with E-state index in [-0.39, 0.29) is 0 Å². The molecule has 1 heterocycles. The lowest BCUT2D eigenvalue weighted by Crippen LogP contribution is -2.47. The molecular formula is C13H27N3. The van der Waals surface area contributed by atoms with Gasteiger partial charge in [0.15, 0.2) is 0 Å². The van der Waals surface area contributed by atoms with Crippen LogP contribution in [-0.4, -0.2) is 62.2 Å². The summed E-state index contributed by atoms with van der Waals surface area (Å²) < 4.78 is 0. The van der Waals surface area contributed by atoms with Crippen LogP contribution in [0.3, 0.4) is 0 Å². The largest absolute Gasteiger partial charge is 0.313 e. The molecule has 0 bridgehead atoms. The minimum atomic E-state index is 0.964. The highest BCUT2D eigenvalue weighted by Crippen LogP contribution is 2.04. The van der Waals surface area contributed by atoms with Crippen molar-refractivity contribution in [3.8, 4) is 0 Å². The first kappa shape index (κ1) is 13.7. The normalized spacial score (nSPS) is 18.9. The third kappa shape index (κ3) is 5.10. The summed E-state index contributed by atoms with van der Waals surface area (Å²) >= 11 is 0. The average Bonchev–Trinajstić information content (AvgIpc) is 2.29. The lowest BCUT2D eigenvalue weighted by Gasteiger charge is -2.34. The number of rotatable bonds is 7. The van der Waals surface area contributed by atoms with Gasteiger partial charge in [0, 0.05) is 39.3 Å². The Morgan fingerprint density at radius 3 is 2.31 bits per heavy atom. The van der Waals surface area contributed by atoms with E-state index < -0.39 is 0 Å². The van der Waals surface area contributed by atoms with Crippen molar-refractivity contribution in [3.63, 3.8) is 0 Å². The highest BCUT2D eigenvalue weighted by atomic mass is 15.3. The Kier molecular flexibility index (Phi) is 6.69. The van der Waals surface area contributed by atoms with Gasteiger partial charge in [-0.2, -0.15) is 0 Å². The Hall–Kier alpha value is -0.380. The van der Waals surface area contributed by atoms with Crippen LogP contribution in [0.2, 0.25) is 0 Å². The van der Waals surface area contributed by atoms with E-state index in [1.54, 1.807) is 0 Å². The number of nitrogens with one attached hydrogen (secondary N) is 1. The maximum Gasteiger partial charge on any atom is 0.0203 e. The zero-order valence-electron chi connectivity index (χ0n) is 11.0. The summed E-state index contributed by atoms with van der Waals surface area (Å²) in [7, 11) is 0. The van der Waals surface area contributed by atoms with Crippen molar-refractivity contribution in [3.05, 3.63) is 12.2 Å². The fourth-order valence-corrected chi connectivity index (χ4v) is 2.16. The summed E-state index contributed by atoms with van der Waals surface area (Å²) in [5.74, 6) is 0. The van der Waals surface area contributed by atoms with Crippen LogP contribution in [0, 0.1) is 0 Å². The lowest BCUT2D eigenvalue weighted by molar-refractivity contribution is 0.140. The summed E-state index contributed by atoms with van der Waals surface area (Å²) in [6.45, 7) is 17.7. The maximum absolute atomic E-state index is 4.12. The smallest absolute Gasteiger partial charge is 0.0203 e. The summed E-state index contributed by atoms with van der Waals surface area (Å²) in [4.78, 5) is 5.08. The van der Waals surface area contributed by atoms with Crippen molar-refractivity contribution in [1.29, 1.82) is 0 Å². The molecule has 1 N–H and O–H groups in total. The van der Waals surface area contributed by atoms with Crippen molar-refractivity contribution in [2.45, 2.75) is 20.3 Å². The van der Waals surface area contributed by atoms with Crippen molar-refractivity contribution in [1.82, 2.24) is 15.1 Å². The standard InChI is InChI=1S/C13H27N3/c1-4-6-15-7-9-16(10-8-15)12-13(3)11-14-5-2/h14H,3-12H2,1-2H3. The first-order valence-corrected chi connectivity index (χ1v) is 6.58. The fourth-order valence-electron chi connectivity index (χ4n) is 2.16. The molecule has 0 aromatic carbocycles. The summed E-state index contributed by atoms with van der Waals surface area (Å²) in [6, 6.07) is 0. The molecule has 0 amide bonds. The monoisotopic (exact) mass is 225 g/mol. The highest BCUT2D eigenvalue weighted by molar-refractivity contribution is 5.00. The van der Waals surface area contributed by atoms with E-state index >= 15 is 0 Å². The van der Waals surface area contributed by atoms with Gasteiger partial charge < -0.3 is 10.2 Å². The van der Waals surface area contributed by atoms with Crippen LogP contribution in [-0.2, 0) is 0 Å². The zero-order valence-corrected chi connectivity index (χ0v) is 11.0. The molecule has 0 atom stereocenters. The van der Waals surface area contributed by atoms with Gasteiger partial charge in [-0.15, -0.1) is 0 Å². The third-order valence-electron chi connectivity index (χ3n) is 3.08. The molecule has 0 spiro atoms. The maximum atomic E-state index is 4.12. The Morgan fingerprint density at radius 2 is 1.75 bits per heavy atom. The van der Waals surface area contributed by atoms with Gasteiger partial charge in [0.1, 0.15) is 0 Å². The minimum absolute atomic E-state index is 0.964. The van der Waals surface area contributed by atoms with Gasteiger partial charge in [-0.3, -0.25) is 4.90 Å². The Labute approximate surface area is 100 Å². The molecule has 3 heteroatoms. The predicted molar refractivity (Wildman–Crippen MR) is 70.9 cm³/mol. The van der Waals surface area contributed by atoms with Crippen molar-refractivity contribution in [2.75, 3.05) is 52.4 Å². The van der Waals surface area contributed by atoms with Gasteiger partial charge in [-0.25, -0.2) is 0 Å². The first-order valence-electron chi connectivity index (χ1n) is 6.58. The number of hydrogen-bond donors (Lipinski definition) is 1. The van der Waals surface area contributed by atoms with Gasteiger partial charge in [-0.05, 0) is 25.1 Å². The van der Waals surface area contributed by atoms with Gasteiger partial charge in [-0.1, -0.05) is 20.4 Å². The molecule has 16 heavy (non-hydrogen) atoms. The third-order valence-corrected chi connectivity index (χ3v) is 3.08. The van der Waals surface area contributed by atoms with Crippen LogP contribution in [0.1, 0.15) is 20.3 Å². The Morgan fingerprint density at radius 1 is 1.12 bits per heavy atom. The zero-order chi connectivity index (χ0) is 11.8. The second-order valence-electron chi connectivity index (χ2n) is 4.65. The van der Waals surface area contributed by atoms with Crippen molar-refractivity contribution >= 4 is 0 Å². The molecule has 0 aliphatic carbocycles. The van der Waals surface area contributed by atoms with Crippen LogP contribution in [0.4, 0.5) is 0 Å². The first-order chi connectivity index (χ1) is 7.76. The second-order valence-corrected chi connectivity index (χ2v) is 4.65. The number of piperazine rings is 1. The number of likely N-dealkylation sites (N-methyl/N-ethyl adjacent to an activating group) is 1. The fraction of sp³-hybridized carbons (Fsp3) is 0.846. The number of nitrogens with zero attached hydrogens (tertiary/aromatic N) is 2. The average molecular weight is 225 g/mol. The van der Waals surface area contributed by atoms with E-state index in [9.17, 15) is 0 Å². The minimum Gasteiger partial charge on any atom is -0.313 e. The molecule has 1 aliphatic rings. The Bertz CT molecular complexity index is 195. The molecular weight excluding hydrogens is 198 g/mol. The molecule has 0 aromatic heterocycles. The van der Waals surface area contributed by atoms with Crippen molar-refractivity contribution < 1.29 is 0 Å². The number of hydrogen-bond acceptors (Lipinski definition) is 3. The Balaban J connectivity index is 2.14. The molecule has 0 radical (unpaired) electrons. The molecule has 0 saturated carbocycles. The summed E-state index contributed by atoms with van der Waals surface area (Å²) in [6.07, 6.45) is 1.27. The lowest BCUT2D eigenvalue weighted by atomic mass is 10.2. The van der Waals surface area contributed by atoms with E-state index in [2.05, 4.69) is 35.5 Å². The van der Waals surface area contributed by atoms with Crippen LogP contribution in [0.25, 0.3) is 0 Å². The second kappa shape index (κ2) is 7.82. The van der Waals surface area contributed by atoms with Crippen molar-refractivity contribution in [2.24, 2.45) is 0 Å². The highest BCUT2D eigenvalue weighted by Gasteiger charge is 2.15. The van der Waals surface area contributed by atoms with Gasteiger partial charge in [0.2, 0.25) is 0 Å². The van der Waals surface area contributed by atoms with E-state index in [0.717, 1.165) is 19.6 Å². The summed E-state index contributed by atoms with van der Waals surface area (Å²) in [5, 5.41) is 3.33. The predicted octanol–water partition coefficient (Wildman–Crippen LogP) is 1.18. The molecule has 3 nitrogen and oxygen atoms in total. The molecule has 0 unspecified atom stereocenters. The van der Waals surface area contributed by atoms with E-state index in [1.165, 1.54) is 44.7 Å². The van der Waals surface area contributed by atoms with E-state index in [1.807, 2.05) is 0 Å². The topological polar surface area (TPSA) is 18.5 Å². The molecule has 94 valence electrons. The molecule has 1 aliphatic heterocycles. The van der Waals surface area contributed by atoms with Crippen LogP contribution >= 0.6 is 0 Å². The quantitative estimate of drug-likeness (QED) is 0.656. The molecule has 1 fully saturated rings. The van der Waals surface area contributed by atoms with Gasteiger partial charge in [0.25, 0.3) is 0 Å². The van der Waals surface area contributed by atoms with Crippen LogP contribution in [0.15, 0.2) is 12.2 Å². The molecule has 0 aromatic rings. The van der Waals surface area contributed by atoms with Crippen LogP contribution in [0.5, 0.6) is 0 Å². The molecule has 1 rings (SSSR count). The van der Waals surface area contributed by atoms with E-state index in [0.29, 0.717) is 0 Å². The van der Waals surface area contributed by atoms with E-state index in [4.69, 9.17) is 0 Å². The van der Waals surface area contributed by atoms with Gasteiger partial charge in [0.05, 0.1) is 0 Å². The molecule has 1 saturated heterocycles. The van der Waals surface area contributed by atoms with Crippen LogP contribution < -0.4 is 5.32 Å². The SMILES string of the molecule is C=C(CNCC)CN1CCN(CCC)CC1. The van der Waals surface area contributed by atoms with Gasteiger partial charge >= 0.3 is 0 Å².